The van der Waals surface area contributed by atoms with Gasteiger partial charge in [-0.2, -0.15) is 5.26 Å². The second kappa shape index (κ2) is 6.94. The molecule has 0 radical (unpaired) electrons. The molecule has 3 rings (SSSR count). The molecule has 0 bridgehead atoms. The third-order valence-corrected chi connectivity index (χ3v) is 3.46. The molecule has 0 fully saturated rings. The molecule has 0 aliphatic rings. The van der Waals surface area contributed by atoms with E-state index in [0.717, 1.165) is 0 Å². The van der Waals surface area contributed by atoms with Crippen LogP contribution in [0.1, 0.15) is 5.56 Å². The van der Waals surface area contributed by atoms with Gasteiger partial charge in [0, 0.05) is 11.8 Å². The Morgan fingerprint density at radius 1 is 1.00 bits per heavy atom. The maximum atomic E-state index is 13.2. The van der Waals surface area contributed by atoms with Crippen LogP contribution in [0, 0.1) is 17.1 Å². The second-order valence-corrected chi connectivity index (χ2v) is 5.23. The largest absolute Gasteiger partial charge is 0.340 e. The molecule has 5 nitrogen and oxygen atoms in total. The van der Waals surface area contributed by atoms with Crippen LogP contribution in [0.2, 0.25) is 5.02 Å². The van der Waals surface area contributed by atoms with Crippen molar-refractivity contribution in [2.24, 2.45) is 0 Å². The molecular formula is C17H11ClFN5. The number of anilines is 4. The minimum Gasteiger partial charge on any atom is -0.340 e. The van der Waals surface area contributed by atoms with Gasteiger partial charge in [-0.05, 0) is 30.3 Å². The standard InChI is InChI=1S/C17H11ClFN5/c18-13-7-12(5-6-14(13)19)23-16-8-17(22-10-21-16)24-15-4-2-1-3-11(15)9-20/h1-8,10H,(H2,21,22,23,24). The number of aromatic nitrogens is 2. The Labute approximate surface area is 142 Å². The number of rotatable bonds is 4. The third-order valence-electron chi connectivity index (χ3n) is 3.17. The van der Waals surface area contributed by atoms with Crippen molar-refractivity contribution in [3.05, 3.63) is 71.3 Å². The number of halogens is 2. The number of para-hydroxylation sites is 1. The van der Waals surface area contributed by atoms with Crippen molar-refractivity contribution in [2.45, 2.75) is 0 Å². The fourth-order valence-electron chi connectivity index (χ4n) is 2.04. The summed E-state index contributed by atoms with van der Waals surface area (Å²) in [7, 11) is 0. The van der Waals surface area contributed by atoms with Gasteiger partial charge >= 0.3 is 0 Å². The van der Waals surface area contributed by atoms with Crippen molar-refractivity contribution in [1.82, 2.24) is 9.97 Å². The van der Waals surface area contributed by atoms with Gasteiger partial charge in [0.15, 0.2) is 0 Å². The molecule has 0 spiro atoms. The normalized spacial score (nSPS) is 10.0. The summed E-state index contributed by atoms with van der Waals surface area (Å²) < 4.78 is 13.2. The van der Waals surface area contributed by atoms with Crippen LogP contribution in [0.3, 0.4) is 0 Å². The van der Waals surface area contributed by atoms with E-state index in [2.05, 4.69) is 26.7 Å². The van der Waals surface area contributed by atoms with Crippen LogP contribution in [0.25, 0.3) is 0 Å². The molecule has 3 aromatic rings. The first-order valence-electron chi connectivity index (χ1n) is 6.96. The Morgan fingerprint density at radius 3 is 2.50 bits per heavy atom. The number of nitrogens with one attached hydrogen (secondary N) is 2. The van der Waals surface area contributed by atoms with Gasteiger partial charge in [0.2, 0.25) is 0 Å². The SMILES string of the molecule is N#Cc1ccccc1Nc1cc(Nc2ccc(F)c(Cl)c2)ncn1. The maximum absolute atomic E-state index is 13.2. The van der Waals surface area contributed by atoms with Gasteiger partial charge in [-0.15, -0.1) is 0 Å². The first kappa shape index (κ1) is 15.7. The van der Waals surface area contributed by atoms with Crippen LogP contribution >= 0.6 is 11.6 Å². The molecule has 2 aromatic carbocycles. The predicted octanol–water partition coefficient (Wildman–Crippen LogP) is 4.63. The fraction of sp³-hybridized carbons (Fsp3) is 0. The number of benzene rings is 2. The van der Waals surface area contributed by atoms with Crippen molar-refractivity contribution < 1.29 is 4.39 Å². The van der Waals surface area contributed by atoms with Crippen molar-refractivity contribution >= 4 is 34.6 Å². The van der Waals surface area contributed by atoms with Crippen LogP contribution in [0.5, 0.6) is 0 Å². The monoisotopic (exact) mass is 339 g/mol. The highest BCUT2D eigenvalue weighted by Crippen LogP contribution is 2.24. The highest BCUT2D eigenvalue weighted by Gasteiger charge is 2.05. The summed E-state index contributed by atoms with van der Waals surface area (Å²) in [6.45, 7) is 0. The lowest BCUT2D eigenvalue weighted by Gasteiger charge is -2.10. The van der Waals surface area contributed by atoms with Gasteiger partial charge in [0.25, 0.3) is 0 Å². The summed E-state index contributed by atoms with van der Waals surface area (Å²) in [5.41, 5.74) is 1.76. The highest BCUT2D eigenvalue weighted by atomic mass is 35.5. The van der Waals surface area contributed by atoms with E-state index in [4.69, 9.17) is 16.9 Å². The summed E-state index contributed by atoms with van der Waals surface area (Å²) in [5, 5.41) is 15.2. The second-order valence-electron chi connectivity index (χ2n) is 4.82. The van der Waals surface area contributed by atoms with Crippen LogP contribution in [0.15, 0.2) is 54.9 Å². The number of nitriles is 1. The van der Waals surface area contributed by atoms with Crippen LogP contribution in [-0.4, -0.2) is 9.97 Å². The molecule has 0 atom stereocenters. The zero-order valence-corrected chi connectivity index (χ0v) is 13.0. The molecule has 2 N–H and O–H groups in total. The molecule has 0 unspecified atom stereocenters. The van der Waals surface area contributed by atoms with Crippen LogP contribution < -0.4 is 10.6 Å². The molecule has 0 saturated carbocycles. The predicted molar refractivity (Wildman–Crippen MR) is 91.2 cm³/mol. The van der Waals surface area contributed by atoms with E-state index in [1.807, 2.05) is 6.07 Å². The van der Waals surface area contributed by atoms with Crippen molar-refractivity contribution in [3.63, 3.8) is 0 Å². The fourth-order valence-corrected chi connectivity index (χ4v) is 2.22. The molecule has 118 valence electrons. The van der Waals surface area contributed by atoms with Gasteiger partial charge in [0.05, 0.1) is 16.3 Å². The molecule has 0 aliphatic heterocycles. The quantitative estimate of drug-likeness (QED) is 0.725. The van der Waals surface area contributed by atoms with Crippen molar-refractivity contribution in [2.75, 3.05) is 10.6 Å². The maximum Gasteiger partial charge on any atom is 0.141 e. The lowest BCUT2D eigenvalue weighted by Crippen LogP contribution is -1.99. The van der Waals surface area contributed by atoms with E-state index in [9.17, 15) is 4.39 Å². The highest BCUT2D eigenvalue weighted by molar-refractivity contribution is 6.31. The van der Waals surface area contributed by atoms with Gasteiger partial charge in [-0.1, -0.05) is 23.7 Å². The van der Waals surface area contributed by atoms with E-state index in [0.29, 0.717) is 28.6 Å². The van der Waals surface area contributed by atoms with Crippen molar-refractivity contribution in [3.8, 4) is 6.07 Å². The third kappa shape index (κ3) is 3.59. The van der Waals surface area contributed by atoms with Gasteiger partial charge < -0.3 is 10.6 Å². The minimum absolute atomic E-state index is 0.0235. The van der Waals surface area contributed by atoms with E-state index in [-0.39, 0.29) is 5.02 Å². The first-order valence-corrected chi connectivity index (χ1v) is 7.34. The summed E-state index contributed by atoms with van der Waals surface area (Å²) >= 11 is 5.76. The van der Waals surface area contributed by atoms with Gasteiger partial charge in [-0.25, -0.2) is 14.4 Å². The van der Waals surface area contributed by atoms with Crippen molar-refractivity contribution in [1.29, 1.82) is 5.26 Å². The van der Waals surface area contributed by atoms with E-state index >= 15 is 0 Å². The number of hydrogen-bond donors (Lipinski definition) is 2. The van der Waals surface area contributed by atoms with Crippen LogP contribution in [0.4, 0.5) is 27.4 Å². The van der Waals surface area contributed by atoms with E-state index < -0.39 is 5.82 Å². The zero-order valence-electron chi connectivity index (χ0n) is 12.3. The molecule has 1 aromatic heterocycles. The average Bonchev–Trinajstić information content (AvgIpc) is 2.59. The van der Waals surface area contributed by atoms with Crippen LogP contribution in [-0.2, 0) is 0 Å². The Morgan fingerprint density at radius 2 is 1.75 bits per heavy atom. The number of nitrogens with zero attached hydrogens (tertiary/aromatic N) is 3. The molecule has 0 saturated heterocycles. The Hall–Kier alpha value is -3.17. The summed E-state index contributed by atoms with van der Waals surface area (Å²) in [4.78, 5) is 8.23. The lowest BCUT2D eigenvalue weighted by atomic mass is 10.2. The smallest absolute Gasteiger partial charge is 0.141 e. The molecule has 24 heavy (non-hydrogen) atoms. The van der Waals surface area contributed by atoms with Gasteiger partial charge in [0.1, 0.15) is 29.8 Å². The zero-order chi connectivity index (χ0) is 16.9. The van der Waals surface area contributed by atoms with E-state index in [1.165, 1.54) is 18.5 Å². The Balaban J connectivity index is 1.81. The first-order chi connectivity index (χ1) is 11.7. The minimum atomic E-state index is -0.486. The Bertz CT molecular complexity index is 923. The molecule has 0 aliphatic carbocycles. The molecule has 0 amide bonds. The molecule has 7 heteroatoms. The summed E-state index contributed by atoms with van der Waals surface area (Å²) in [6.07, 6.45) is 1.38. The van der Waals surface area contributed by atoms with Gasteiger partial charge in [-0.3, -0.25) is 0 Å². The molecule has 1 heterocycles. The molecular weight excluding hydrogens is 329 g/mol. The summed E-state index contributed by atoms with van der Waals surface area (Å²) in [6, 6.07) is 15.2. The van der Waals surface area contributed by atoms with E-state index in [1.54, 1.807) is 30.3 Å². The number of hydrogen-bond acceptors (Lipinski definition) is 5. The Kier molecular flexibility index (Phi) is 4.54. The summed E-state index contributed by atoms with van der Waals surface area (Å²) in [5.74, 6) is 0.536. The topological polar surface area (TPSA) is 73.6 Å². The lowest BCUT2D eigenvalue weighted by molar-refractivity contribution is 0.628. The average molecular weight is 340 g/mol.